The summed E-state index contributed by atoms with van der Waals surface area (Å²) in [5, 5.41) is 0. The molecule has 1 aliphatic rings. The number of hydrogen-bond acceptors (Lipinski definition) is 4. The fourth-order valence-corrected chi connectivity index (χ4v) is 2.87. The topological polar surface area (TPSA) is 107 Å². The highest BCUT2D eigenvalue weighted by molar-refractivity contribution is 5.87. The van der Waals surface area contributed by atoms with Crippen LogP contribution in [0.25, 0.3) is 5.57 Å². The van der Waals surface area contributed by atoms with E-state index in [0.29, 0.717) is 19.5 Å². The van der Waals surface area contributed by atoms with Gasteiger partial charge in [-0.3, -0.25) is 0 Å². The van der Waals surface area contributed by atoms with Crippen LogP contribution < -0.4 is 16.4 Å². The molecule has 1 aliphatic heterocycles. The van der Waals surface area contributed by atoms with Gasteiger partial charge in [0.25, 0.3) is 0 Å². The molecule has 9 heteroatoms. The lowest BCUT2D eigenvalue weighted by atomic mass is 9.99. The van der Waals surface area contributed by atoms with Crippen LogP contribution in [-0.2, 0) is 11.3 Å². The van der Waals surface area contributed by atoms with Crippen molar-refractivity contribution in [2.45, 2.75) is 13.0 Å². The molecule has 1 amide bonds. The highest BCUT2D eigenvalue weighted by atomic mass is 19.1. The number of amides is 1. The first-order valence-electron chi connectivity index (χ1n) is 8.53. The summed E-state index contributed by atoms with van der Waals surface area (Å²) in [6, 6.07) is 7.70. The highest BCUT2D eigenvalue weighted by Crippen LogP contribution is 2.27. The molecule has 0 radical (unpaired) electrons. The largest absolute Gasteiger partial charge is 0.443 e. The third kappa shape index (κ3) is 4.61. The zero-order valence-electron chi connectivity index (χ0n) is 14.9. The molecule has 2 aromatic rings. The van der Waals surface area contributed by atoms with E-state index in [2.05, 4.69) is 9.98 Å². The van der Waals surface area contributed by atoms with Gasteiger partial charge in [-0.2, -0.15) is 0 Å². The minimum Gasteiger partial charge on any atom is -0.443 e. The zero-order chi connectivity index (χ0) is 20.1. The number of guanidine groups is 1. The van der Waals surface area contributed by atoms with Crippen molar-refractivity contribution < 1.29 is 18.3 Å². The van der Waals surface area contributed by atoms with Gasteiger partial charge in [0.15, 0.2) is 17.6 Å². The SMILES string of the molecule is NC(N)=NC(=O)OCc1ccnc(N2CC=C(c3ccc(F)cc3)CC2)c1F. The molecule has 0 saturated carbocycles. The van der Waals surface area contributed by atoms with Gasteiger partial charge in [0.1, 0.15) is 12.4 Å². The van der Waals surface area contributed by atoms with Gasteiger partial charge in [-0.05, 0) is 35.8 Å². The van der Waals surface area contributed by atoms with E-state index in [1.54, 1.807) is 17.0 Å². The van der Waals surface area contributed by atoms with Gasteiger partial charge in [0, 0.05) is 24.8 Å². The summed E-state index contributed by atoms with van der Waals surface area (Å²) >= 11 is 0. The third-order valence-corrected chi connectivity index (χ3v) is 4.25. The second kappa shape index (κ2) is 8.47. The lowest BCUT2D eigenvalue weighted by molar-refractivity contribution is 0.149. The summed E-state index contributed by atoms with van der Waals surface area (Å²) in [7, 11) is 0. The number of anilines is 1. The Labute approximate surface area is 160 Å². The van der Waals surface area contributed by atoms with Gasteiger partial charge in [-0.1, -0.05) is 18.2 Å². The molecular formula is C19H19F2N5O2. The molecule has 0 bridgehead atoms. The number of carbonyl (C=O) groups is 1. The van der Waals surface area contributed by atoms with E-state index in [9.17, 15) is 13.6 Å². The number of halogens is 2. The molecule has 1 aromatic carbocycles. The van der Waals surface area contributed by atoms with Crippen LogP contribution >= 0.6 is 0 Å². The minimum absolute atomic E-state index is 0.164. The van der Waals surface area contributed by atoms with Crippen molar-refractivity contribution in [1.82, 2.24) is 4.98 Å². The van der Waals surface area contributed by atoms with E-state index in [0.717, 1.165) is 11.1 Å². The van der Waals surface area contributed by atoms with Gasteiger partial charge in [-0.25, -0.2) is 18.6 Å². The summed E-state index contributed by atoms with van der Waals surface area (Å²) in [6.07, 6.45) is 3.07. The predicted octanol–water partition coefficient (Wildman–Crippen LogP) is 2.56. The van der Waals surface area contributed by atoms with E-state index in [4.69, 9.17) is 16.2 Å². The summed E-state index contributed by atoms with van der Waals surface area (Å²) in [5.41, 5.74) is 12.3. The van der Waals surface area contributed by atoms with Crippen molar-refractivity contribution in [3.8, 4) is 0 Å². The van der Waals surface area contributed by atoms with Gasteiger partial charge >= 0.3 is 6.09 Å². The Balaban J connectivity index is 1.70. The number of rotatable bonds is 4. The normalized spacial score (nSPS) is 13.6. The first kappa shape index (κ1) is 19.3. The summed E-state index contributed by atoms with van der Waals surface area (Å²) in [4.78, 5) is 20.5. The standard InChI is InChI=1S/C19H19F2N5O2/c20-15-3-1-12(2-4-15)13-6-9-26(10-7-13)17-16(21)14(5-8-24-17)11-28-19(27)25-18(22)23/h1-6,8H,7,9-11H2,(H4,22,23,25,27). The van der Waals surface area contributed by atoms with Crippen molar-refractivity contribution in [1.29, 1.82) is 0 Å². The average molecular weight is 387 g/mol. The van der Waals surface area contributed by atoms with Crippen molar-refractivity contribution in [3.05, 3.63) is 65.4 Å². The maximum atomic E-state index is 14.8. The highest BCUT2D eigenvalue weighted by Gasteiger charge is 2.20. The van der Waals surface area contributed by atoms with Crippen molar-refractivity contribution in [2.24, 2.45) is 16.5 Å². The quantitative estimate of drug-likeness (QED) is 0.617. The summed E-state index contributed by atoms with van der Waals surface area (Å²) < 4.78 is 32.7. The maximum Gasteiger partial charge on any atom is 0.437 e. The Morgan fingerprint density at radius 2 is 1.96 bits per heavy atom. The van der Waals surface area contributed by atoms with E-state index >= 15 is 0 Å². The second-order valence-electron chi connectivity index (χ2n) is 6.13. The fourth-order valence-electron chi connectivity index (χ4n) is 2.87. The number of nitrogens with zero attached hydrogens (tertiary/aromatic N) is 3. The maximum absolute atomic E-state index is 14.8. The minimum atomic E-state index is -0.998. The number of nitrogens with two attached hydrogens (primary N) is 2. The zero-order valence-corrected chi connectivity index (χ0v) is 14.9. The van der Waals surface area contributed by atoms with Crippen molar-refractivity contribution in [2.75, 3.05) is 18.0 Å². The lowest BCUT2D eigenvalue weighted by Crippen LogP contribution is -2.30. The Morgan fingerprint density at radius 3 is 2.61 bits per heavy atom. The molecule has 7 nitrogen and oxygen atoms in total. The molecule has 0 atom stereocenters. The Kier molecular flexibility index (Phi) is 5.83. The molecular weight excluding hydrogens is 368 g/mol. The van der Waals surface area contributed by atoms with E-state index in [1.165, 1.54) is 24.4 Å². The summed E-state index contributed by atoms with van der Waals surface area (Å²) in [5.74, 6) is -1.12. The van der Waals surface area contributed by atoms with Crippen LogP contribution in [-0.4, -0.2) is 30.1 Å². The van der Waals surface area contributed by atoms with Crippen LogP contribution in [0.3, 0.4) is 0 Å². The number of benzene rings is 1. The molecule has 3 rings (SSSR count). The smallest absolute Gasteiger partial charge is 0.437 e. The second-order valence-corrected chi connectivity index (χ2v) is 6.13. The third-order valence-electron chi connectivity index (χ3n) is 4.25. The van der Waals surface area contributed by atoms with Gasteiger partial charge in [0.2, 0.25) is 0 Å². The first-order valence-corrected chi connectivity index (χ1v) is 8.53. The number of hydrogen-bond donors (Lipinski definition) is 2. The van der Waals surface area contributed by atoms with Crippen LogP contribution in [0.5, 0.6) is 0 Å². The first-order chi connectivity index (χ1) is 13.4. The van der Waals surface area contributed by atoms with Crippen LogP contribution in [0.15, 0.2) is 47.6 Å². The van der Waals surface area contributed by atoms with Crippen molar-refractivity contribution in [3.63, 3.8) is 0 Å². The molecule has 0 saturated heterocycles. The van der Waals surface area contributed by atoms with Crippen LogP contribution in [0.1, 0.15) is 17.5 Å². The molecule has 0 aliphatic carbocycles. The molecule has 1 aromatic heterocycles. The lowest BCUT2D eigenvalue weighted by Gasteiger charge is -2.28. The molecule has 0 unspecified atom stereocenters. The molecule has 2 heterocycles. The number of ether oxygens (including phenoxy) is 1. The van der Waals surface area contributed by atoms with Gasteiger partial charge in [0.05, 0.1) is 0 Å². The summed E-state index contributed by atoms with van der Waals surface area (Å²) in [6.45, 7) is 0.680. The molecule has 28 heavy (non-hydrogen) atoms. The number of pyridine rings is 1. The van der Waals surface area contributed by atoms with Gasteiger partial charge < -0.3 is 21.1 Å². The van der Waals surface area contributed by atoms with E-state index < -0.39 is 17.9 Å². The molecule has 146 valence electrons. The number of carbonyl (C=O) groups excluding carboxylic acids is 1. The van der Waals surface area contributed by atoms with Crippen molar-refractivity contribution >= 4 is 23.4 Å². The Bertz CT molecular complexity index is 924. The van der Waals surface area contributed by atoms with E-state index in [-0.39, 0.29) is 23.8 Å². The molecule has 0 spiro atoms. The Morgan fingerprint density at radius 1 is 1.21 bits per heavy atom. The monoisotopic (exact) mass is 387 g/mol. The van der Waals surface area contributed by atoms with Gasteiger partial charge in [-0.15, -0.1) is 4.99 Å². The van der Waals surface area contributed by atoms with Crippen LogP contribution in [0.2, 0.25) is 0 Å². The Hall–Kier alpha value is -3.49. The predicted molar refractivity (Wildman–Crippen MR) is 101 cm³/mol. The van der Waals surface area contributed by atoms with E-state index in [1.807, 2.05) is 6.08 Å². The van der Waals surface area contributed by atoms with Crippen LogP contribution in [0.4, 0.5) is 19.4 Å². The van der Waals surface area contributed by atoms with Crippen LogP contribution in [0, 0.1) is 11.6 Å². The average Bonchev–Trinajstić information content (AvgIpc) is 2.67. The number of aliphatic imine (C=N–C) groups is 1. The number of aromatic nitrogens is 1. The molecule has 4 N–H and O–H groups in total. The fraction of sp³-hybridized carbons (Fsp3) is 0.211. The molecule has 0 fully saturated rings.